The highest BCUT2D eigenvalue weighted by molar-refractivity contribution is 7.91. The molecule has 13 heteroatoms. The first kappa shape index (κ1) is 27.2. The number of nitrogens with one attached hydrogen (secondary N) is 1. The molecule has 3 aromatic carbocycles. The number of carboxylic acid groups (broad SMARTS) is 1. The van der Waals surface area contributed by atoms with Crippen LogP contribution >= 0.6 is 0 Å². The van der Waals surface area contributed by atoms with Gasteiger partial charge in [-0.1, -0.05) is 60.7 Å². The van der Waals surface area contributed by atoms with E-state index in [4.69, 9.17) is 10.2 Å². The van der Waals surface area contributed by atoms with Crippen LogP contribution in [0.2, 0.25) is 0 Å². The van der Waals surface area contributed by atoms with E-state index in [0.29, 0.717) is 11.1 Å². The van der Waals surface area contributed by atoms with Gasteiger partial charge in [-0.05, 0) is 11.1 Å². The molecule has 192 valence electrons. The van der Waals surface area contributed by atoms with E-state index in [1.54, 1.807) is 60.7 Å². The number of nitrogens with two attached hydrogens (primary N) is 1. The van der Waals surface area contributed by atoms with Gasteiger partial charge >= 0.3 is 5.97 Å². The summed E-state index contributed by atoms with van der Waals surface area (Å²) >= 11 is 0. The zero-order valence-electron chi connectivity index (χ0n) is 18.5. The van der Waals surface area contributed by atoms with Gasteiger partial charge in [0.1, 0.15) is 4.90 Å². The summed E-state index contributed by atoms with van der Waals surface area (Å²) in [6.07, 6.45) is -0.988. The number of sulfone groups is 1. The molecule has 4 N–H and O–H groups in total. The van der Waals surface area contributed by atoms with Crippen LogP contribution in [-0.4, -0.2) is 40.2 Å². The van der Waals surface area contributed by atoms with Gasteiger partial charge in [-0.3, -0.25) is 4.79 Å². The molecule has 3 rings (SSSR count). The second kappa shape index (κ2) is 10.7. The van der Waals surface area contributed by atoms with E-state index in [9.17, 15) is 30.4 Å². The van der Waals surface area contributed by atoms with E-state index in [-0.39, 0.29) is 6.54 Å². The van der Waals surface area contributed by atoms with Crippen molar-refractivity contribution in [2.24, 2.45) is 5.14 Å². The van der Waals surface area contributed by atoms with Gasteiger partial charge in [0.25, 0.3) is 0 Å². The monoisotopic (exact) mass is 542 g/mol. The Hall–Kier alpha value is -3.42. The van der Waals surface area contributed by atoms with Gasteiger partial charge in [0.15, 0.2) is 32.2 Å². The second-order valence-electron chi connectivity index (χ2n) is 7.74. The number of anilines is 1. The molecule has 0 aliphatic carbocycles. The minimum Gasteiger partial charge on any atom is -0.481 e. The van der Waals surface area contributed by atoms with Gasteiger partial charge in [0.2, 0.25) is 10.0 Å². The maximum absolute atomic E-state index is 15.3. The fourth-order valence-corrected chi connectivity index (χ4v) is 5.82. The lowest BCUT2D eigenvalue weighted by atomic mass is 9.91. The van der Waals surface area contributed by atoms with Crippen LogP contribution in [0.3, 0.4) is 0 Å². The van der Waals surface area contributed by atoms with Crippen molar-refractivity contribution in [3.8, 4) is 0 Å². The number of benzene rings is 3. The Morgan fingerprint density at radius 1 is 0.833 bits per heavy atom. The molecule has 0 fully saturated rings. The molecule has 36 heavy (non-hydrogen) atoms. The number of rotatable bonds is 10. The second-order valence-corrected chi connectivity index (χ2v) is 11.3. The van der Waals surface area contributed by atoms with Crippen molar-refractivity contribution >= 4 is 31.5 Å². The van der Waals surface area contributed by atoms with Crippen molar-refractivity contribution in [2.75, 3.05) is 17.6 Å². The van der Waals surface area contributed by atoms with Crippen molar-refractivity contribution < 1.29 is 39.9 Å². The van der Waals surface area contributed by atoms with Gasteiger partial charge in [-0.25, -0.2) is 35.1 Å². The van der Waals surface area contributed by atoms with Crippen LogP contribution < -0.4 is 10.5 Å². The molecule has 0 amide bonds. The first-order valence-corrected chi connectivity index (χ1v) is 13.6. The van der Waals surface area contributed by atoms with Gasteiger partial charge in [0.05, 0.1) is 17.9 Å². The highest BCUT2D eigenvalue weighted by Crippen LogP contribution is 2.36. The van der Waals surface area contributed by atoms with Crippen LogP contribution in [0.25, 0.3) is 0 Å². The van der Waals surface area contributed by atoms with Gasteiger partial charge in [-0.15, -0.1) is 0 Å². The molecule has 0 atom stereocenters. The third kappa shape index (κ3) is 5.86. The molecular formula is C23H21F3N2O6S2. The average Bonchev–Trinajstić information content (AvgIpc) is 2.81. The number of halogens is 3. The van der Waals surface area contributed by atoms with Crippen molar-refractivity contribution in [3.05, 3.63) is 89.2 Å². The Morgan fingerprint density at radius 2 is 1.31 bits per heavy atom. The summed E-state index contributed by atoms with van der Waals surface area (Å²) in [7, 11) is -10.1. The van der Waals surface area contributed by atoms with E-state index >= 15 is 4.39 Å². The molecule has 0 saturated heterocycles. The van der Waals surface area contributed by atoms with E-state index in [0.717, 1.165) is 0 Å². The number of carbonyl (C=O) groups is 1. The first-order chi connectivity index (χ1) is 16.8. The maximum atomic E-state index is 15.3. The summed E-state index contributed by atoms with van der Waals surface area (Å²) in [6, 6.07) is 17.4. The number of sulfonamides is 1. The van der Waals surface area contributed by atoms with Gasteiger partial charge < -0.3 is 10.4 Å². The molecule has 0 saturated carbocycles. The number of hydrogen-bond acceptors (Lipinski definition) is 6. The molecule has 0 bridgehead atoms. The summed E-state index contributed by atoms with van der Waals surface area (Å²) < 4.78 is 94.1. The third-order valence-corrected chi connectivity index (χ3v) is 7.98. The summed E-state index contributed by atoms with van der Waals surface area (Å²) in [5, 5.41) is 16.1. The van der Waals surface area contributed by atoms with Crippen molar-refractivity contribution in [1.82, 2.24) is 0 Å². The summed E-state index contributed by atoms with van der Waals surface area (Å²) in [5.74, 6) is -9.76. The van der Waals surface area contributed by atoms with Crippen LogP contribution in [0, 0.1) is 17.5 Å². The first-order valence-electron chi connectivity index (χ1n) is 10.4. The maximum Gasteiger partial charge on any atom is 0.304 e. The Kier molecular flexibility index (Phi) is 8.06. The minimum atomic E-state index is -5.16. The Balaban J connectivity index is 2.19. The fraction of sp³-hybridized carbons (Fsp3) is 0.174. The Bertz CT molecular complexity index is 1440. The zero-order chi connectivity index (χ0) is 26.7. The van der Waals surface area contributed by atoms with Crippen LogP contribution in [0.4, 0.5) is 18.9 Å². The molecule has 3 aromatic rings. The van der Waals surface area contributed by atoms with Crippen molar-refractivity contribution in [3.63, 3.8) is 0 Å². The van der Waals surface area contributed by atoms with Crippen LogP contribution in [-0.2, 0) is 24.7 Å². The number of aliphatic carboxylic acids is 1. The standard InChI is InChI=1S/C23H21F3N2O6S2/c24-18-19(25)23(35(31,32)12-11-17(29)30)21(20(26)22(18)36(27,33)34)28-13-16(14-7-3-1-4-8-14)15-9-5-2-6-10-15/h1-10,16,28H,11-13H2,(H,29,30)(H2,27,33,34). The average molecular weight is 543 g/mol. The molecular weight excluding hydrogens is 521 g/mol. The zero-order valence-corrected chi connectivity index (χ0v) is 20.1. The molecule has 0 aliphatic rings. The lowest BCUT2D eigenvalue weighted by molar-refractivity contribution is -0.136. The van der Waals surface area contributed by atoms with E-state index < -0.39 is 76.9 Å². The molecule has 0 radical (unpaired) electrons. The van der Waals surface area contributed by atoms with Gasteiger partial charge in [-0.2, -0.15) is 0 Å². The largest absolute Gasteiger partial charge is 0.481 e. The molecule has 0 unspecified atom stereocenters. The number of hydrogen-bond donors (Lipinski definition) is 3. The highest BCUT2D eigenvalue weighted by Gasteiger charge is 2.36. The lowest BCUT2D eigenvalue weighted by Gasteiger charge is -2.22. The van der Waals surface area contributed by atoms with Crippen molar-refractivity contribution in [2.45, 2.75) is 22.1 Å². The molecule has 0 spiro atoms. The normalized spacial score (nSPS) is 12.0. The van der Waals surface area contributed by atoms with E-state index in [1.165, 1.54) is 0 Å². The molecule has 0 heterocycles. The van der Waals surface area contributed by atoms with Crippen molar-refractivity contribution in [1.29, 1.82) is 0 Å². The van der Waals surface area contributed by atoms with Gasteiger partial charge in [0, 0.05) is 12.5 Å². The summed E-state index contributed by atoms with van der Waals surface area (Å²) in [4.78, 5) is 7.50. The van der Waals surface area contributed by atoms with Crippen LogP contribution in [0.5, 0.6) is 0 Å². The highest BCUT2D eigenvalue weighted by atomic mass is 32.2. The number of carboxylic acids is 1. The topological polar surface area (TPSA) is 144 Å². The van der Waals surface area contributed by atoms with E-state index in [2.05, 4.69) is 5.32 Å². The quantitative estimate of drug-likeness (QED) is 0.334. The van der Waals surface area contributed by atoms with Crippen LogP contribution in [0.15, 0.2) is 70.5 Å². The summed E-state index contributed by atoms with van der Waals surface area (Å²) in [6.45, 7) is -0.276. The molecule has 0 aliphatic heterocycles. The Labute approximate surface area is 205 Å². The SMILES string of the molecule is NS(=O)(=O)c1c(F)c(F)c(S(=O)(=O)CCC(=O)O)c(NCC(c2ccccc2)c2ccccc2)c1F. The Morgan fingerprint density at radius 3 is 1.75 bits per heavy atom. The predicted octanol–water partition coefficient (Wildman–Crippen LogP) is 3.24. The predicted molar refractivity (Wildman–Crippen MR) is 125 cm³/mol. The molecule has 0 aromatic heterocycles. The van der Waals surface area contributed by atoms with E-state index in [1.807, 2.05) is 0 Å². The van der Waals surface area contributed by atoms with Crippen LogP contribution in [0.1, 0.15) is 23.5 Å². The third-order valence-electron chi connectivity index (χ3n) is 5.30. The minimum absolute atomic E-state index is 0.276. The lowest BCUT2D eigenvalue weighted by Crippen LogP contribution is -2.24. The smallest absolute Gasteiger partial charge is 0.304 e. The molecule has 8 nitrogen and oxygen atoms in total. The fourth-order valence-electron chi connectivity index (χ4n) is 3.65. The number of primary sulfonamides is 1. The summed E-state index contributed by atoms with van der Waals surface area (Å²) in [5.41, 5.74) is 0.225.